The van der Waals surface area contributed by atoms with Gasteiger partial charge in [0.1, 0.15) is 0 Å². The van der Waals surface area contributed by atoms with Gasteiger partial charge >= 0.3 is 0 Å². The third kappa shape index (κ3) is 2.13. The second kappa shape index (κ2) is 5.63. The minimum absolute atomic E-state index is 0.482. The zero-order valence-corrected chi connectivity index (χ0v) is 14.8. The van der Waals surface area contributed by atoms with Crippen LogP contribution in [0.4, 0.5) is 0 Å². The van der Waals surface area contributed by atoms with E-state index >= 15 is 0 Å². The molecule has 120 valence electrons. The van der Waals surface area contributed by atoms with Gasteiger partial charge in [0, 0.05) is 0 Å². The van der Waals surface area contributed by atoms with Crippen molar-refractivity contribution in [2.75, 3.05) is 0 Å². The number of fused-ring (bicyclic) bond motifs is 3. The minimum Gasteiger partial charge on any atom is -0.0984 e. The van der Waals surface area contributed by atoms with Gasteiger partial charge in [0.2, 0.25) is 0 Å². The topological polar surface area (TPSA) is 0 Å². The van der Waals surface area contributed by atoms with Crippen molar-refractivity contribution in [1.29, 1.82) is 0 Å². The lowest BCUT2D eigenvalue weighted by Crippen LogP contribution is -2.05. The maximum absolute atomic E-state index is 4.08. The third-order valence-corrected chi connectivity index (χ3v) is 5.39. The molecule has 2 aromatic carbocycles. The zero-order valence-electron chi connectivity index (χ0n) is 14.8. The van der Waals surface area contributed by atoms with Crippen molar-refractivity contribution in [1.82, 2.24) is 0 Å². The molecule has 2 aliphatic rings. The van der Waals surface area contributed by atoms with Crippen LogP contribution in [0.3, 0.4) is 0 Å². The van der Waals surface area contributed by atoms with Gasteiger partial charge in [-0.15, -0.1) is 0 Å². The maximum Gasteiger partial charge on any atom is -0.00487 e. The van der Waals surface area contributed by atoms with Gasteiger partial charge in [-0.25, -0.2) is 0 Å². The van der Waals surface area contributed by atoms with Crippen LogP contribution in [0.25, 0.3) is 29.0 Å². The van der Waals surface area contributed by atoms with Gasteiger partial charge in [0.05, 0.1) is 0 Å². The zero-order chi connectivity index (χ0) is 16.8. The van der Waals surface area contributed by atoms with Gasteiger partial charge in [-0.3, -0.25) is 0 Å². The van der Waals surface area contributed by atoms with Crippen molar-refractivity contribution in [2.24, 2.45) is 0 Å². The van der Waals surface area contributed by atoms with Gasteiger partial charge in [0.25, 0.3) is 0 Å². The highest BCUT2D eigenvalue weighted by molar-refractivity contribution is 6.04. The molecule has 0 atom stereocenters. The molecule has 0 aromatic heterocycles. The second-order valence-corrected chi connectivity index (χ2v) is 7.27. The smallest absolute Gasteiger partial charge is 0.00487 e. The summed E-state index contributed by atoms with van der Waals surface area (Å²) >= 11 is 0. The highest BCUT2D eigenvalue weighted by Gasteiger charge is 2.23. The largest absolute Gasteiger partial charge is 0.0984 e. The lowest BCUT2D eigenvalue weighted by atomic mass is 9.80. The summed E-state index contributed by atoms with van der Waals surface area (Å²) in [5.74, 6) is 0.482. The average molecular weight is 312 g/mol. The highest BCUT2D eigenvalue weighted by atomic mass is 14.3. The predicted molar refractivity (Wildman–Crippen MR) is 107 cm³/mol. The number of hydrogen-bond donors (Lipinski definition) is 0. The summed E-state index contributed by atoms with van der Waals surface area (Å²) in [4.78, 5) is 0. The second-order valence-electron chi connectivity index (χ2n) is 7.27. The molecule has 0 saturated carbocycles. The van der Waals surface area contributed by atoms with E-state index in [0.717, 1.165) is 12.8 Å². The summed E-state index contributed by atoms with van der Waals surface area (Å²) in [6.45, 7) is 10.9. The van der Waals surface area contributed by atoms with Crippen LogP contribution < -0.4 is 0 Å². The molecule has 2 bridgehead atoms. The number of hydrogen-bond acceptors (Lipinski definition) is 0. The molecular formula is C24H24. The molecule has 2 aromatic rings. The van der Waals surface area contributed by atoms with E-state index < -0.39 is 0 Å². The first-order valence-corrected chi connectivity index (χ1v) is 8.89. The maximum atomic E-state index is 4.08. The Morgan fingerprint density at radius 1 is 1.08 bits per heavy atom. The fourth-order valence-corrected chi connectivity index (χ4v) is 4.32. The molecule has 4 rings (SSSR count). The van der Waals surface area contributed by atoms with Crippen molar-refractivity contribution in [2.45, 2.75) is 39.5 Å². The molecule has 0 amide bonds. The van der Waals surface area contributed by atoms with Crippen LogP contribution in [0.1, 0.15) is 59.6 Å². The summed E-state index contributed by atoms with van der Waals surface area (Å²) in [7, 11) is 0. The summed E-state index contributed by atoms with van der Waals surface area (Å²) in [5, 5.41) is 2.81. The number of aryl methyl sites for hydroxylation is 1. The van der Waals surface area contributed by atoms with Crippen LogP contribution in [-0.2, 0) is 6.42 Å². The van der Waals surface area contributed by atoms with Crippen LogP contribution in [-0.4, -0.2) is 0 Å². The monoisotopic (exact) mass is 312 g/mol. The first-order valence-electron chi connectivity index (χ1n) is 8.89. The van der Waals surface area contributed by atoms with Gasteiger partial charge in [-0.1, -0.05) is 74.6 Å². The average Bonchev–Trinajstić information content (AvgIpc) is 2.89. The van der Waals surface area contributed by atoms with Gasteiger partial charge < -0.3 is 0 Å². The number of rotatable bonds is 2. The van der Waals surface area contributed by atoms with Crippen LogP contribution in [0.2, 0.25) is 0 Å². The number of allylic oxidation sites excluding steroid dienone is 4. The van der Waals surface area contributed by atoms with E-state index in [2.05, 4.69) is 69.9 Å². The lowest BCUT2D eigenvalue weighted by molar-refractivity contribution is 0.870. The van der Waals surface area contributed by atoms with Crippen molar-refractivity contribution in [3.05, 3.63) is 75.9 Å². The van der Waals surface area contributed by atoms with Crippen molar-refractivity contribution in [3.63, 3.8) is 0 Å². The molecule has 0 unspecified atom stereocenters. The van der Waals surface area contributed by atoms with E-state index in [1.54, 1.807) is 0 Å². The standard InChI is InChI=1S/C24H24/c1-5-18-13-12-16(4)23-20-11-7-9-17-8-6-10-19(21(20)14-17)22(15(2)3)24(18)23/h5-7,9-13,15H,1,8,14H2,2-4H3. The van der Waals surface area contributed by atoms with Crippen molar-refractivity contribution in [3.8, 4) is 0 Å². The fourth-order valence-electron chi connectivity index (χ4n) is 4.32. The SMILES string of the molecule is C=Cc1ccc(C)c2c3c4c(c(C(C)C)c12)C=CCC(=CC=C3)C4. The normalized spacial score (nSPS) is 15.4. The van der Waals surface area contributed by atoms with E-state index in [1.165, 1.54) is 49.7 Å². The molecule has 24 heavy (non-hydrogen) atoms. The number of benzene rings is 2. The Bertz CT molecular complexity index is 946. The van der Waals surface area contributed by atoms with Crippen LogP contribution >= 0.6 is 0 Å². The Morgan fingerprint density at radius 2 is 1.92 bits per heavy atom. The van der Waals surface area contributed by atoms with E-state index in [9.17, 15) is 0 Å². The predicted octanol–water partition coefficient (Wildman–Crippen LogP) is 6.83. The Morgan fingerprint density at radius 3 is 2.67 bits per heavy atom. The van der Waals surface area contributed by atoms with E-state index in [-0.39, 0.29) is 0 Å². The summed E-state index contributed by atoms with van der Waals surface area (Å²) in [6.07, 6.45) is 15.7. The Labute approximate surface area is 144 Å². The molecule has 0 nitrogen and oxygen atoms in total. The Balaban J connectivity index is 2.30. The fraction of sp³-hybridized carbons (Fsp3) is 0.250. The highest BCUT2D eigenvalue weighted by Crippen LogP contribution is 2.42. The molecular weight excluding hydrogens is 288 g/mol. The van der Waals surface area contributed by atoms with Crippen LogP contribution in [0.5, 0.6) is 0 Å². The summed E-state index contributed by atoms with van der Waals surface area (Å²) < 4.78 is 0. The molecule has 0 heterocycles. The lowest BCUT2D eigenvalue weighted by Gasteiger charge is -2.23. The Hall–Kier alpha value is -2.34. The molecule has 0 aliphatic heterocycles. The molecule has 0 fully saturated rings. The van der Waals surface area contributed by atoms with Crippen LogP contribution in [0.15, 0.2) is 42.5 Å². The van der Waals surface area contributed by atoms with E-state index in [0.29, 0.717) is 5.92 Å². The summed E-state index contributed by atoms with van der Waals surface area (Å²) in [6, 6.07) is 4.46. The van der Waals surface area contributed by atoms with E-state index in [4.69, 9.17) is 0 Å². The van der Waals surface area contributed by atoms with Gasteiger partial charge in [-0.05, 0) is 69.8 Å². The summed E-state index contributed by atoms with van der Waals surface area (Å²) in [5.41, 5.74) is 9.95. The van der Waals surface area contributed by atoms with Crippen LogP contribution in [0, 0.1) is 6.92 Å². The van der Waals surface area contributed by atoms with Crippen molar-refractivity contribution >= 4 is 29.0 Å². The molecule has 2 aliphatic carbocycles. The molecule has 0 saturated heterocycles. The molecule has 0 heteroatoms. The van der Waals surface area contributed by atoms with Gasteiger partial charge in [0.15, 0.2) is 0 Å². The quantitative estimate of drug-likeness (QED) is 0.570. The minimum atomic E-state index is 0.482. The van der Waals surface area contributed by atoms with Gasteiger partial charge in [-0.2, -0.15) is 0 Å². The Kier molecular flexibility index (Phi) is 3.57. The van der Waals surface area contributed by atoms with Crippen molar-refractivity contribution < 1.29 is 0 Å². The first-order chi connectivity index (χ1) is 11.6. The molecule has 0 spiro atoms. The molecule has 0 radical (unpaired) electrons. The first kappa shape index (κ1) is 15.2. The third-order valence-electron chi connectivity index (χ3n) is 5.39. The van der Waals surface area contributed by atoms with E-state index in [1.807, 2.05) is 6.08 Å². The molecule has 0 N–H and O–H groups in total.